The molecule has 0 aliphatic carbocycles. The van der Waals surface area contributed by atoms with E-state index in [1.54, 1.807) is 18.3 Å². The van der Waals surface area contributed by atoms with Crippen LogP contribution in [0.15, 0.2) is 76.7 Å². The van der Waals surface area contributed by atoms with Crippen LogP contribution in [0.25, 0.3) is 10.8 Å². The monoisotopic (exact) mass is 354 g/mol. The summed E-state index contributed by atoms with van der Waals surface area (Å²) < 4.78 is 0. The van der Waals surface area contributed by atoms with Gasteiger partial charge in [-0.05, 0) is 35.0 Å². The molecule has 3 nitrogen and oxygen atoms in total. The van der Waals surface area contributed by atoms with Crippen LogP contribution in [-0.4, -0.2) is 17.9 Å². The maximum Gasteiger partial charge on any atom is 0.250 e. The quantitative estimate of drug-likeness (QED) is 0.408. The fourth-order valence-electron chi connectivity index (χ4n) is 2.25. The van der Waals surface area contributed by atoms with Crippen LogP contribution in [0.2, 0.25) is 5.02 Å². The van der Waals surface area contributed by atoms with Gasteiger partial charge in [-0.1, -0.05) is 54.1 Å². The second kappa shape index (κ2) is 7.99. The van der Waals surface area contributed by atoms with Gasteiger partial charge in [0, 0.05) is 15.5 Å². The van der Waals surface area contributed by atoms with Gasteiger partial charge in [0.15, 0.2) is 0 Å². The largest absolute Gasteiger partial charge is 0.272 e. The molecule has 0 unspecified atom stereocenters. The molecule has 3 aromatic rings. The van der Waals surface area contributed by atoms with Crippen LogP contribution in [0.5, 0.6) is 0 Å². The summed E-state index contributed by atoms with van der Waals surface area (Å²) in [4.78, 5) is 12.9. The highest BCUT2D eigenvalue weighted by molar-refractivity contribution is 8.00. The van der Waals surface area contributed by atoms with Gasteiger partial charge >= 0.3 is 0 Å². The Morgan fingerprint density at radius 1 is 1.04 bits per heavy atom. The highest BCUT2D eigenvalue weighted by atomic mass is 35.5. The number of hydrazone groups is 1. The van der Waals surface area contributed by atoms with Gasteiger partial charge in [-0.3, -0.25) is 4.79 Å². The first-order valence-corrected chi connectivity index (χ1v) is 8.77. The molecular weight excluding hydrogens is 340 g/mol. The van der Waals surface area contributed by atoms with Crippen molar-refractivity contribution < 1.29 is 4.79 Å². The zero-order valence-electron chi connectivity index (χ0n) is 12.8. The summed E-state index contributed by atoms with van der Waals surface area (Å²) in [6.45, 7) is 0. The molecule has 0 saturated carbocycles. The van der Waals surface area contributed by atoms with Crippen molar-refractivity contribution in [2.45, 2.75) is 4.90 Å². The highest BCUT2D eigenvalue weighted by Gasteiger charge is 2.02. The Kier molecular flexibility index (Phi) is 5.51. The highest BCUT2D eigenvalue weighted by Crippen LogP contribution is 2.20. The van der Waals surface area contributed by atoms with Gasteiger partial charge in [-0.25, -0.2) is 5.43 Å². The van der Waals surface area contributed by atoms with Gasteiger partial charge in [-0.15, -0.1) is 11.8 Å². The van der Waals surface area contributed by atoms with Crippen molar-refractivity contribution in [2.75, 3.05) is 5.75 Å². The van der Waals surface area contributed by atoms with Gasteiger partial charge in [0.05, 0.1) is 12.0 Å². The molecule has 0 aliphatic rings. The van der Waals surface area contributed by atoms with Crippen LogP contribution < -0.4 is 5.43 Å². The number of rotatable bonds is 5. The number of carbonyl (C=O) groups excluding carboxylic acids is 1. The van der Waals surface area contributed by atoms with Crippen LogP contribution in [0.1, 0.15) is 5.56 Å². The lowest BCUT2D eigenvalue weighted by atomic mass is 10.1. The lowest BCUT2D eigenvalue weighted by Gasteiger charge is -2.02. The number of halogens is 1. The fraction of sp³-hybridized carbons (Fsp3) is 0.0526. The molecule has 0 spiro atoms. The van der Waals surface area contributed by atoms with Crippen LogP contribution in [0, 0.1) is 0 Å². The Balaban J connectivity index is 1.57. The number of hydrogen-bond donors (Lipinski definition) is 1. The predicted molar refractivity (Wildman–Crippen MR) is 102 cm³/mol. The van der Waals surface area contributed by atoms with Crippen LogP contribution in [-0.2, 0) is 4.79 Å². The van der Waals surface area contributed by atoms with E-state index in [0.717, 1.165) is 21.2 Å². The van der Waals surface area contributed by atoms with E-state index in [2.05, 4.69) is 10.5 Å². The standard InChI is InChI=1S/C19H15ClN2OS/c20-16-8-10-17(11-9-16)24-13-19(23)22-21-12-15-6-3-5-14-4-1-2-7-18(14)15/h1-12H,13H2,(H,22,23)/b21-12-. The Bertz CT molecular complexity index is 873. The maximum absolute atomic E-state index is 11.9. The molecule has 3 aromatic carbocycles. The average molecular weight is 355 g/mol. The topological polar surface area (TPSA) is 41.5 Å². The van der Waals surface area contributed by atoms with Crippen molar-refractivity contribution in [2.24, 2.45) is 5.10 Å². The summed E-state index contributed by atoms with van der Waals surface area (Å²) in [5.74, 6) is 0.153. The minimum absolute atomic E-state index is 0.147. The van der Waals surface area contributed by atoms with Gasteiger partial charge in [0.1, 0.15) is 0 Å². The number of carbonyl (C=O) groups is 1. The summed E-state index contributed by atoms with van der Waals surface area (Å²) >= 11 is 7.28. The van der Waals surface area contributed by atoms with Crippen LogP contribution in [0.4, 0.5) is 0 Å². The fourth-order valence-corrected chi connectivity index (χ4v) is 3.07. The molecule has 0 saturated heterocycles. The lowest BCUT2D eigenvalue weighted by Crippen LogP contribution is -2.19. The van der Waals surface area contributed by atoms with Crippen LogP contribution in [0.3, 0.4) is 0 Å². The van der Waals surface area contributed by atoms with Gasteiger partial charge < -0.3 is 0 Å². The molecule has 0 aliphatic heterocycles. The van der Waals surface area contributed by atoms with E-state index in [1.807, 2.05) is 54.6 Å². The molecule has 0 fully saturated rings. The zero-order valence-corrected chi connectivity index (χ0v) is 14.3. The second-order valence-electron chi connectivity index (χ2n) is 5.10. The molecule has 5 heteroatoms. The first-order chi connectivity index (χ1) is 11.7. The molecule has 120 valence electrons. The number of nitrogens with zero attached hydrogens (tertiary/aromatic N) is 1. The molecule has 0 radical (unpaired) electrons. The minimum atomic E-state index is -0.147. The Labute approximate surface area is 149 Å². The molecule has 1 amide bonds. The Morgan fingerprint density at radius 3 is 2.62 bits per heavy atom. The van der Waals surface area contributed by atoms with E-state index in [9.17, 15) is 4.79 Å². The van der Waals surface area contributed by atoms with E-state index in [4.69, 9.17) is 11.6 Å². The number of nitrogens with one attached hydrogen (secondary N) is 1. The first kappa shape index (κ1) is 16.6. The third-order valence-corrected chi connectivity index (χ3v) is 4.66. The lowest BCUT2D eigenvalue weighted by molar-refractivity contribution is -0.118. The Hall–Kier alpha value is -2.30. The third kappa shape index (κ3) is 4.37. The number of benzene rings is 3. The smallest absolute Gasteiger partial charge is 0.250 e. The molecule has 0 bridgehead atoms. The van der Waals surface area contributed by atoms with Crippen molar-refractivity contribution >= 4 is 46.3 Å². The number of amides is 1. The summed E-state index contributed by atoms with van der Waals surface area (Å²) in [5.41, 5.74) is 3.53. The Morgan fingerprint density at radius 2 is 1.79 bits per heavy atom. The average Bonchev–Trinajstić information content (AvgIpc) is 2.61. The summed E-state index contributed by atoms with van der Waals surface area (Å²) in [7, 11) is 0. The summed E-state index contributed by atoms with van der Waals surface area (Å²) in [6.07, 6.45) is 1.67. The molecule has 24 heavy (non-hydrogen) atoms. The number of hydrogen-bond acceptors (Lipinski definition) is 3. The summed E-state index contributed by atoms with van der Waals surface area (Å²) in [5, 5.41) is 6.99. The van der Waals surface area contributed by atoms with Gasteiger partial charge in [0.25, 0.3) is 0 Å². The van der Waals surface area contributed by atoms with E-state index in [0.29, 0.717) is 10.8 Å². The number of thioether (sulfide) groups is 1. The van der Waals surface area contributed by atoms with Crippen molar-refractivity contribution in [1.82, 2.24) is 5.43 Å². The predicted octanol–water partition coefficient (Wildman–Crippen LogP) is 4.74. The summed E-state index contributed by atoms with van der Waals surface area (Å²) in [6, 6.07) is 21.5. The third-order valence-electron chi connectivity index (χ3n) is 3.40. The molecule has 0 heterocycles. The minimum Gasteiger partial charge on any atom is -0.272 e. The van der Waals surface area contributed by atoms with E-state index >= 15 is 0 Å². The van der Waals surface area contributed by atoms with Crippen molar-refractivity contribution in [1.29, 1.82) is 0 Å². The molecule has 1 N–H and O–H groups in total. The van der Waals surface area contributed by atoms with Crippen molar-refractivity contribution in [3.63, 3.8) is 0 Å². The molecular formula is C19H15ClN2OS. The SMILES string of the molecule is O=C(CSc1ccc(Cl)cc1)N/N=C\c1cccc2ccccc12. The maximum atomic E-state index is 11.9. The van der Waals surface area contributed by atoms with E-state index in [1.165, 1.54) is 11.8 Å². The molecule has 3 rings (SSSR count). The van der Waals surface area contributed by atoms with E-state index in [-0.39, 0.29) is 5.91 Å². The second-order valence-corrected chi connectivity index (χ2v) is 6.59. The normalized spacial score (nSPS) is 11.0. The van der Waals surface area contributed by atoms with Crippen LogP contribution >= 0.6 is 23.4 Å². The zero-order chi connectivity index (χ0) is 16.8. The molecule has 0 aromatic heterocycles. The molecule has 0 atom stereocenters. The van der Waals surface area contributed by atoms with Gasteiger partial charge in [0.2, 0.25) is 5.91 Å². The van der Waals surface area contributed by atoms with Crippen molar-refractivity contribution in [3.8, 4) is 0 Å². The first-order valence-electron chi connectivity index (χ1n) is 7.40. The van der Waals surface area contributed by atoms with Crippen molar-refractivity contribution in [3.05, 3.63) is 77.3 Å². The van der Waals surface area contributed by atoms with Gasteiger partial charge in [-0.2, -0.15) is 5.10 Å². The van der Waals surface area contributed by atoms with E-state index < -0.39 is 0 Å². The number of fused-ring (bicyclic) bond motifs is 1.